The number of carbonyl (C=O) groups excluding carboxylic acids is 1. The van der Waals surface area contributed by atoms with Crippen molar-refractivity contribution in [2.45, 2.75) is 19.9 Å². The predicted octanol–water partition coefficient (Wildman–Crippen LogP) is 0.0785. The van der Waals surface area contributed by atoms with Gasteiger partial charge in [0, 0.05) is 56.2 Å². The number of amides is 1. The second-order valence-corrected chi connectivity index (χ2v) is 7.53. The van der Waals surface area contributed by atoms with E-state index < -0.39 is 5.69 Å². The molecule has 0 atom stereocenters. The molecule has 2 aromatic rings. The molecule has 1 aromatic carbocycles. The monoisotopic (exact) mass is 383 g/mol. The highest BCUT2D eigenvalue weighted by molar-refractivity contribution is 5.78. The summed E-state index contributed by atoms with van der Waals surface area (Å²) in [6.45, 7) is 6.49. The molecule has 148 valence electrons. The van der Waals surface area contributed by atoms with E-state index in [-0.39, 0.29) is 11.5 Å². The summed E-state index contributed by atoms with van der Waals surface area (Å²) < 4.78 is 0. The summed E-state index contributed by atoms with van der Waals surface area (Å²) in [4.78, 5) is 47.3. The quantitative estimate of drug-likeness (QED) is 0.783. The van der Waals surface area contributed by atoms with E-state index in [9.17, 15) is 14.4 Å². The molecular formula is C20H25N5O3. The van der Waals surface area contributed by atoms with Crippen molar-refractivity contribution >= 4 is 11.6 Å². The summed E-state index contributed by atoms with van der Waals surface area (Å²) in [5, 5.41) is 0. The first kappa shape index (κ1) is 18.5. The first-order valence-electron chi connectivity index (χ1n) is 9.66. The van der Waals surface area contributed by atoms with Gasteiger partial charge in [-0.05, 0) is 31.0 Å². The Kier molecular flexibility index (Phi) is 5.04. The van der Waals surface area contributed by atoms with Gasteiger partial charge in [0.1, 0.15) is 0 Å². The number of aromatic amines is 2. The molecule has 2 aliphatic heterocycles. The number of rotatable bonds is 3. The van der Waals surface area contributed by atoms with Crippen LogP contribution in [0.15, 0.2) is 33.9 Å². The number of H-pyrrole nitrogens is 2. The van der Waals surface area contributed by atoms with Crippen LogP contribution in [-0.2, 0) is 17.8 Å². The Bertz CT molecular complexity index is 988. The third-order valence-electron chi connectivity index (χ3n) is 5.55. The molecule has 3 heterocycles. The average molecular weight is 383 g/mol. The maximum Gasteiger partial charge on any atom is 0.325 e. The lowest BCUT2D eigenvalue weighted by molar-refractivity contribution is -0.133. The first-order valence-corrected chi connectivity index (χ1v) is 9.66. The van der Waals surface area contributed by atoms with Crippen molar-refractivity contribution in [3.63, 3.8) is 0 Å². The summed E-state index contributed by atoms with van der Waals surface area (Å²) >= 11 is 0. The number of benzene rings is 1. The smallest absolute Gasteiger partial charge is 0.325 e. The van der Waals surface area contributed by atoms with Crippen molar-refractivity contribution in [1.29, 1.82) is 0 Å². The zero-order valence-electron chi connectivity index (χ0n) is 16.0. The van der Waals surface area contributed by atoms with Crippen LogP contribution in [0.1, 0.15) is 16.8 Å². The van der Waals surface area contributed by atoms with E-state index in [2.05, 4.69) is 46.1 Å². The molecule has 1 saturated heterocycles. The van der Waals surface area contributed by atoms with E-state index in [1.54, 1.807) is 0 Å². The van der Waals surface area contributed by atoms with Gasteiger partial charge in [-0.3, -0.25) is 19.5 Å². The van der Waals surface area contributed by atoms with Gasteiger partial charge in [0.05, 0.1) is 6.54 Å². The van der Waals surface area contributed by atoms with E-state index in [0.717, 1.165) is 13.1 Å². The van der Waals surface area contributed by atoms with Crippen molar-refractivity contribution in [3.05, 3.63) is 61.9 Å². The number of hydrogen-bond acceptors (Lipinski definition) is 5. The third kappa shape index (κ3) is 3.87. The van der Waals surface area contributed by atoms with Crippen LogP contribution in [0.5, 0.6) is 0 Å². The number of nitrogens with one attached hydrogen (secondary N) is 2. The Labute approximate surface area is 162 Å². The lowest BCUT2D eigenvalue weighted by Crippen LogP contribution is -2.52. The molecule has 1 fully saturated rings. The van der Waals surface area contributed by atoms with Gasteiger partial charge in [-0.25, -0.2) is 4.79 Å². The molecular weight excluding hydrogens is 358 g/mol. The lowest BCUT2D eigenvalue weighted by atomic mass is 10.1. The minimum atomic E-state index is -0.496. The highest BCUT2D eigenvalue weighted by atomic mass is 16.2. The molecule has 0 bridgehead atoms. The zero-order chi connectivity index (χ0) is 19.7. The number of hydrogen-bond donors (Lipinski definition) is 2. The molecule has 1 amide bonds. The van der Waals surface area contributed by atoms with E-state index in [1.165, 1.54) is 11.3 Å². The molecule has 4 rings (SSSR count). The maximum absolute atomic E-state index is 12.7. The Morgan fingerprint density at radius 2 is 1.86 bits per heavy atom. The van der Waals surface area contributed by atoms with E-state index in [0.29, 0.717) is 50.4 Å². The Morgan fingerprint density at radius 1 is 1.07 bits per heavy atom. The van der Waals surface area contributed by atoms with Crippen molar-refractivity contribution in [1.82, 2.24) is 19.8 Å². The van der Waals surface area contributed by atoms with Gasteiger partial charge in [-0.15, -0.1) is 0 Å². The zero-order valence-corrected chi connectivity index (χ0v) is 16.0. The minimum absolute atomic E-state index is 0.0968. The number of aromatic nitrogens is 2. The summed E-state index contributed by atoms with van der Waals surface area (Å²) in [5.74, 6) is 0.0968. The second kappa shape index (κ2) is 7.63. The molecule has 0 saturated carbocycles. The molecule has 1 aromatic heterocycles. The SMILES string of the molecule is Cc1cccc(N2CCN(C(=O)CN3CCc4c([nH]c(=O)[nH]c4=O)C3)CC2)c1. The molecule has 0 radical (unpaired) electrons. The fourth-order valence-corrected chi connectivity index (χ4v) is 4.00. The van der Waals surface area contributed by atoms with Crippen LogP contribution >= 0.6 is 0 Å². The lowest BCUT2D eigenvalue weighted by Gasteiger charge is -2.37. The van der Waals surface area contributed by atoms with Crippen molar-refractivity contribution in [3.8, 4) is 0 Å². The Balaban J connectivity index is 1.34. The van der Waals surface area contributed by atoms with Gasteiger partial charge in [-0.1, -0.05) is 12.1 Å². The largest absolute Gasteiger partial charge is 0.368 e. The number of anilines is 1. The van der Waals surface area contributed by atoms with E-state index in [4.69, 9.17) is 0 Å². The second-order valence-electron chi connectivity index (χ2n) is 7.53. The highest BCUT2D eigenvalue weighted by Crippen LogP contribution is 2.18. The van der Waals surface area contributed by atoms with Crippen LogP contribution in [0.4, 0.5) is 5.69 Å². The Hall–Kier alpha value is -2.87. The summed E-state index contributed by atoms with van der Waals surface area (Å²) in [7, 11) is 0. The molecule has 8 nitrogen and oxygen atoms in total. The first-order chi connectivity index (χ1) is 13.5. The van der Waals surface area contributed by atoms with Gasteiger partial charge < -0.3 is 14.8 Å². The predicted molar refractivity (Wildman–Crippen MR) is 107 cm³/mol. The number of aryl methyl sites for hydroxylation is 1. The fourth-order valence-electron chi connectivity index (χ4n) is 4.00. The van der Waals surface area contributed by atoms with Crippen LogP contribution < -0.4 is 16.1 Å². The van der Waals surface area contributed by atoms with Crippen LogP contribution in [0.2, 0.25) is 0 Å². The van der Waals surface area contributed by atoms with Crippen LogP contribution in [0, 0.1) is 6.92 Å². The highest BCUT2D eigenvalue weighted by Gasteiger charge is 2.26. The summed E-state index contributed by atoms with van der Waals surface area (Å²) in [6.07, 6.45) is 0.538. The Morgan fingerprint density at radius 3 is 2.61 bits per heavy atom. The topological polar surface area (TPSA) is 92.5 Å². The fraction of sp³-hybridized carbons (Fsp3) is 0.450. The number of carbonyl (C=O) groups is 1. The van der Waals surface area contributed by atoms with Crippen LogP contribution in [-0.4, -0.2) is 64.9 Å². The van der Waals surface area contributed by atoms with Crippen LogP contribution in [0.25, 0.3) is 0 Å². The van der Waals surface area contributed by atoms with Gasteiger partial charge in [0.25, 0.3) is 5.56 Å². The molecule has 2 N–H and O–H groups in total. The molecule has 2 aliphatic rings. The van der Waals surface area contributed by atoms with E-state index in [1.807, 2.05) is 9.80 Å². The number of piperazine rings is 1. The van der Waals surface area contributed by atoms with E-state index >= 15 is 0 Å². The van der Waals surface area contributed by atoms with Crippen molar-refractivity contribution in [2.24, 2.45) is 0 Å². The van der Waals surface area contributed by atoms with Crippen molar-refractivity contribution in [2.75, 3.05) is 44.2 Å². The van der Waals surface area contributed by atoms with Gasteiger partial charge in [0.2, 0.25) is 5.91 Å². The maximum atomic E-state index is 12.7. The van der Waals surface area contributed by atoms with Gasteiger partial charge in [-0.2, -0.15) is 0 Å². The normalized spacial score (nSPS) is 17.5. The molecule has 8 heteroatoms. The van der Waals surface area contributed by atoms with Crippen molar-refractivity contribution < 1.29 is 4.79 Å². The van der Waals surface area contributed by atoms with Gasteiger partial charge in [0.15, 0.2) is 0 Å². The van der Waals surface area contributed by atoms with Gasteiger partial charge >= 0.3 is 5.69 Å². The molecule has 0 aliphatic carbocycles. The average Bonchev–Trinajstić information content (AvgIpc) is 2.67. The third-order valence-corrected chi connectivity index (χ3v) is 5.55. The van der Waals surface area contributed by atoms with Crippen LogP contribution in [0.3, 0.4) is 0 Å². The number of nitrogens with zero attached hydrogens (tertiary/aromatic N) is 3. The number of fused-ring (bicyclic) bond motifs is 1. The minimum Gasteiger partial charge on any atom is -0.368 e. The summed E-state index contributed by atoms with van der Waals surface area (Å²) in [6, 6.07) is 8.43. The molecule has 0 spiro atoms. The molecule has 28 heavy (non-hydrogen) atoms. The molecule has 0 unspecified atom stereocenters. The summed E-state index contributed by atoms with van der Waals surface area (Å²) in [5.41, 5.74) is 2.86. The standard InChI is InChI=1S/C20H25N5O3/c1-14-3-2-4-15(11-14)24-7-9-25(10-8-24)18(26)13-23-6-5-16-17(12-23)21-20(28)22-19(16)27/h2-4,11H,5-10,12-13H2,1H3,(H2,21,22,27,28).